The Bertz CT molecular complexity index is 259. The summed E-state index contributed by atoms with van der Waals surface area (Å²) in [7, 11) is 0. The van der Waals surface area contributed by atoms with E-state index in [1.165, 1.54) is 51.4 Å². The summed E-state index contributed by atoms with van der Waals surface area (Å²) in [5.74, 6) is 0.804. The second kappa shape index (κ2) is 9.84. The molecule has 1 aliphatic carbocycles. The van der Waals surface area contributed by atoms with Gasteiger partial charge in [0.15, 0.2) is 0 Å². The van der Waals surface area contributed by atoms with E-state index >= 15 is 0 Å². The Morgan fingerprint density at radius 1 is 1.00 bits per heavy atom. The third-order valence-corrected chi connectivity index (χ3v) is 5.00. The molecule has 0 heterocycles. The molecule has 0 aromatic heterocycles. The van der Waals surface area contributed by atoms with E-state index in [9.17, 15) is 0 Å². The van der Waals surface area contributed by atoms with Crippen LogP contribution in [0.4, 0.5) is 0 Å². The van der Waals surface area contributed by atoms with Crippen LogP contribution in [0.25, 0.3) is 0 Å². The molecule has 1 rings (SSSR count). The van der Waals surface area contributed by atoms with E-state index in [4.69, 9.17) is 4.74 Å². The molecule has 1 saturated carbocycles. The van der Waals surface area contributed by atoms with Gasteiger partial charge < -0.3 is 10.1 Å². The Morgan fingerprint density at radius 3 is 2.38 bits per heavy atom. The summed E-state index contributed by atoms with van der Waals surface area (Å²) in [4.78, 5) is 0. The molecule has 0 bridgehead atoms. The van der Waals surface area contributed by atoms with Crippen molar-refractivity contribution in [2.24, 2.45) is 11.3 Å². The molecule has 0 aromatic carbocycles. The summed E-state index contributed by atoms with van der Waals surface area (Å²) in [6.07, 6.45) is 10.7. The van der Waals surface area contributed by atoms with Gasteiger partial charge in [-0.05, 0) is 50.0 Å². The number of ether oxygens (including phenoxy) is 1. The first-order valence-electron chi connectivity index (χ1n) is 9.34. The van der Waals surface area contributed by atoms with Crippen molar-refractivity contribution >= 4 is 0 Å². The molecule has 0 aromatic rings. The highest BCUT2D eigenvalue weighted by Gasteiger charge is 2.36. The average Bonchev–Trinajstić information content (AvgIpc) is 2.44. The van der Waals surface area contributed by atoms with Crippen LogP contribution in [-0.4, -0.2) is 25.3 Å². The van der Waals surface area contributed by atoms with Gasteiger partial charge in [0, 0.05) is 12.6 Å². The van der Waals surface area contributed by atoms with Gasteiger partial charge >= 0.3 is 0 Å². The fourth-order valence-corrected chi connectivity index (χ4v) is 3.43. The minimum absolute atomic E-state index is 0.416. The minimum Gasteiger partial charge on any atom is -0.377 e. The molecule has 0 aliphatic heterocycles. The molecular weight excluding hydrogens is 258 g/mol. The highest BCUT2D eigenvalue weighted by atomic mass is 16.5. The largest absolute Gasteiger partial charge is 0.377 e. The number of hydrogen-bond donors (Lipinski definition) is 1. The Hall–Kier alpha value is -0.0800. The van der Waals surface area contributed by atoms with Gasteiger partial charge in [0.25, 0.3) is 0 Å². The van der Waals surface area contributed by atoms with Crippen molar-refractivity contribution in [2.75, 3.05) is 13.2 Å². The molecule has 0 spiro atoms. The third-order valence-electron chi connectivity index (χ3n) is 5.00. The summed E-state index contributed by atoms with van der Waals surface area (Å²) in [6, 6.07) is 0.578. The highest BCUT2D eigenvalue weighted by Crippen LogP contribution is 2.38. The number of rotatable bonds is 9. The summed E-state index contributed by atoms with van der Waals surface area (Å²) in [5, 5.41) is 3.72. The van der Waals surface area contributed by atoms with Crippen molar-refractivity contribution in [3.05, 3.63) is 0 Å². The zero-order valence-electron chi connectivity index (χ0n) is 15.2. The summed E-state index contributed by atoms with van der Waals surface area (Å²) in [5.41, 5.74) is 0.416. The third kappa shape index (κ3) is 7.15. The van der Waals surface area contributed by atoms with Crippen molar-refractivity contribution in [1.82, 2.24) is 5.32 Å². The molecule has 126 valence electrons. The zero-order valence-corrected chi connectivity index (χ0v) is 15.2. The topological polar surface area (TPSA) is 21.3 Å². The first kappa shape index (κ1) is 19.0. The van der Waals surface area contributed by atoms with Gasteiger partial charge in [-0.2, -0.15) is 0 Å². The molecular formula is C19H39NO. The first-order chi connectivity index (χ1) is 9.99. The van der Waals surface area contributed by atoms with Gasteiger partial charge in [0.1, 0.15) is 0 Å². The van der Waals surface area contributed by atoms with Gasteiger partial charge in [0.2, 0.25) is 0 Å². The van der Waals surface area contributed by atoms with Crippen LogP contribution in [0.15, 0.2) is 0 Å². The number of nitrogens with one attached hydrogen (secondary N) is 1. The molecule has 21 heavy (non-hydrogen) atoms. The van der Waals surface area contributed by atoms with Crippen LogP contribution in [0.3, 0.4) is 0 Å². The van der Waals surface area contributed by atoms with Crippen LogP contribution in [-0.2, 0) is 4.74 Å². The van der Waals surface area contributed by atoms with Gasteiger partial charge in [0.05, 0.1) is 6.10 Å². The maximum atomic E-state index is 6.30. The summed E-state index contributed by atoms with van der Waals surface area (Å²) >= 11 is 0. The fraction of sp³-hybridized carbons (Fsp3) is 1.00. The van der Waals surface area contributed by atoms with Gasteiger partial charge in [-0.1, -0.05) is 53.9 Å². The standard InChI is InChI=1S/C19H39NO/c1-6-8-9-10-14-21-18-15-16(19(3,4)5)11-12-17(18)20-13-7-2/h16-18,20H,6-15H2,1-5H3. The second-order valence-corrected chi connectivity index (χ2v) is 7.91. The highest BCUT2D eigenvalue weighted by molar-refractivity contribution is 4.89. The van der Waals surface area contributed by atoms with Gasteiger partial charge in [-0.3, -0.25) is 0 Å². The number of unbranched alkanes of at least 4 members (excludes halogenated alkanes) is 3. The number of hydrogen-bond acceptors (Lipinski definition) is 2. The van der Waals surface area contributed by atoms with Gasteiger partial charge in [-0.25, -0.2) is 0 Å². The van der Waals surface area contributed by atoms with E-state index in [-0.39, 0.29) is 0 Å². The van der Waals surface area contributed by atoms with Crippen molar-refractivity contribution in [3.63, 3.8) is 0 Å². The molecule has 1 N–H and O–H groups in total. The second-order valence-electron chi connectivity index (χ2n) is 7.91. The van der Waals surface area contributed by atoms with E-state index < -0.39 is 0 Å². The molecule has 1 aliphatic rings. The molecule has 2 heteroatoms. The molecule has 3 unspecified atom stereocenters. The van der Waals surface area contributed by atoms with Crippen LogP contribution >= 0.6 is 0 Å². The van der Waals surface area contributed by atoms with Crippen molar-refractivity contribution < 1.29 is 4.74 Å². The van der Waals surface area contributed by atoms with Crippen molar-refractivity contribution in [3.8, 4) is 0 Å². The van der Waals surface area contributed by atoms with Gasteiger partial charge in [-0.15, -0.1) is 0 Å². The first-order valence-corrected chi connectivity index (χ1v) is 9.34. The van der Waals surface area contributed by atoms with Crippen LogP contribution in [0.2, 0.25) is 0 Å². The van der Waals surface area contributed by atoms with E-state index in [1.807, 2.05) is 0 Å². The SMILES string of the molecule is CCCCCCOC1CC(C(C)(C)C)CCC1NCCC. The van der Waals surface area contributed by atoms with Crippen LogP contribution in [0.1, 0.15) is 86.0 Å². The molecule has 2 nitrogen and oxygen atoms in total. The lowest BCUT2D eigenvalue weighted by atomic mass is 9.70. The van der Waals surface area contributed by atoms with Crippen LogP contribution in [0, 0.1) is 11.3 Å². The van der Waals surface area contributed by atoms with Crippen molar-refractivity contribution in [2.45, 2.75) is 98.1 Å². The van der Waals surface area contributed by atoms with E-state index in [0.29, 0.717) is 17.6 Å². The molecule has 3 atom stereocenters. The van der Waals surface area contributed by atoms with E-state index in [1.54, 1.807) is 0 Å². The quantitative estimate of drug-likeness (QED) is 0.593. The van der Waals surface area contributed by atoms with Crippen LogP contribution in [0.5, 0.6) is 0 Å². The Kier molecular flexibility index (Phi) is 8.89. The smallest absolute Gasteiger partial charge is 0.0730 e. The maximum Gasteiger partial charge on any atom is 0.0730 e. The van der Waals surface area contributed by atoms with Crippen LogP contribution < -0.4 is 5.32 Å². The lowest BCUT2D eigenvalue weighted by molar-refractivity contribution is -0.0289. The lowest BCUT2D eigenvalue weighted by Gasteiger charge is -2.42. The average molecular weight is 298 g/mol. The Balaban J connectivity index is 2.44. The Labute approximate surface area is 133 Å². The molecule has 0 radical (unpaired) electrons. The lowest BCUT2D eigenvalue weighted by Crippen LogP contribution is -2.47. The predicted molar refractivity (Wildman–Crippen MR) is 92.8 cm³/mol. The zero-order chi connectivity index (χ0) is 15.7. The summed E-state index contributed by atoms with van der Waals surface area (Å²) in [6.45, 7) is 13.7. The normalized spacial score (nSPS) is 27.0. The fourth-order valence-electron chi connectivity index (χ4n) is 3.43. The van der Waals surface area contributed by atoms with Crippen molar-refractivity contribution in [1.29, 1.82) is 0 Å². The van der Waals surface area contributed by atoms with E-state index in [0.717, 1.165) is 19.1 Å². The Morgan fingerprint density at radius 2 is 1.76 bits per heavy atom. The van der Waals surface area contributed by atoms with E-state index in [2.05, 4.69) is 39.9 Å². The maximum absolute atomic E-state index is 6.30. The predicted octanol–water partition coefficient (Wildman–Crippen LogP) is 5.17. The molecule has 0 saturated heterocycles. The monoisotopic (exact) mass is 297 g/mol. The molecule has 1 fully saturated rings. The summed E-state index contributed by atoms with van der Waals surface area (Å²) < 4.78 is 6.30. The molecule has 0 amide bonds. The minimum atomic E-state index is 0.416.